The molecular weight excluding hydrogens is 272 g/mol. The Kier molecular flexibility index (Phi) is 152. The molecule has 0 heterocycles. The van der Waals surface area contributed by atoms with Gasteiger partial charge in [0.15, 0.2) is 0 Å². The minimum Gasteiger partial charge on any atom is -0.0776 e. The van der Waals surface area contributed by atoms with Gasteiger partial charge in [0.2, 0.25) is 0 Å². The Labute approximate surface area is 78.3 Å². The van der Waals surface area contributed by atoms with Gasteiger partial charge in [-0.3, -0.25) is 0 Å². The Morgan fingerprint density at radius 1 is 1.00 bits per heavy atom. The predicted molar refractivity (Wildman–Crippen MR) is 6.73 cm³/mol. The summed E-state index contributed by atoms with van der Waals surface area (Å²) in [6.45, 7) is 0. The van der Waals surface area contributed by atoms with Gasteiger partial charge in [-0.25, -0.2) is 0 Å². The van der Waals surface area contributed by atoms with Gasteiger partial charge in [0, 0.05) is 72.1 Å². The van der Waals surface area contributed by atoms with Crippen molar-refractivity contribution in [3.8, 4) is 0 Å². The van der Waals surface area contributed by atoms with E-state index in [2.05, 4.69) is 0 Å². The van der Waals surface area contributed by atoms with Crippen molar-refractivity contribution in [2.75, 3.05) is 0 Å². The van der Waals surface area contributed by atoms with Crippen molar-refractivity contribution in [1.29, 1.82) is 0 Å². The van der Waals surface area contributed by atoms with E-state index >= 15 is 0 Å². The summed E-state index contributed by atoms with van der Waals surface area (Å²) in [6.07, 6.45) is 0. The van der Waals surface area contributed by atoms with Crippen LogP contribution < -0.4 is 0 Å². The quantitative estimate of drug-likeness (QED) is 0.569. The van der Waals surface area contributed by atoms with Crippen molar-refractivity contribution in [1.82, 2.24) is 0 Å². The second-order valence-corrected chi connectivity index (χ2v) is 0. The molecule has 0 aromatic heterocycles. The van der Waals surface area contributed by atoms with Crippen molar-refractivity contribution in [2.45, 2.75) is 7.43 Å². The first-order valence-corrected chi connectivity index (χ1v) is 0. The van der Waals surface area contributed by atoms with Crippen LogP contribution in [-0.2, 0) is 36.5 Å². The molecule has 0 atom stereocenters. The van der Waals surface area contributed by atoms with Crippen molar-refractivity contribution in [3.05, 3.63) is 0 Å². The summed E-state index contributed by atoms with van der Waals surface area (Å²) in [6, 6.07) is 0. The summed E-state index contributed by atoms with van der Waals surface area (Å²) in [7, 11) is 0. The molecule has 0 unspecified atom stereocenters. The molecule has 21 valence electrons. The van der Waals surface area contributed by atoms with Crippen LogP contribution in [0.3, 0.4) is 0 Å². The van der Waals surface area contributed by atoms with Gasteiger partial charge in [-0.15, -0.1) is 0 Å². The minimum atomic E-state index is 0. The molecule has 0 saturated carbocycles. The molecule has 0 aliphatic rings. The maximum absolute atomic E-state index is 0. The van der Waals surface area contributed by atoms with Gasteiger partial charge in [0.05, 0.1) is 0 Å². The fraction of sp³-hybridized carbons (Fsp3) is 1.00. The molecule has 1 radical (unpaired) electrons. The summed E-state index contributed by atoms with van der Waals surface area (Å²) >= 11 is 0. The normalized spacial score (nSPS) is 0. The fourth-order valence-electron chi connectivity index (χ4n) is 0. The first-order chi connectivity index (χ1) is 0. The standard InChI is InChI=1S/CH4.Fe.La.Zn/h1H4;;;. The van der Waals surface area contributed by atoms with Gasteiger partial charge in [-0.2, -0.15) is 0 Å². The van der Waals surface area contributed by atoms with E-state index in [-0.39, 0.29) is 79.6 Å². The van der Waals surface area contributed by atoms with Crippen LogP contribution in [0.4, 0.5) is 0 Å². The molecule has 0 saturated heterocycles. The fourth-order valence-corrected chi connectivity index (χ4v) is 0. The van der Waals surface area contributed by atoms with Gasteiger partial charge in [0.1, 0.15) is 0 Å². The molecule has 0 nitrogen and oxygen atoms in total. The second kappa shape index (κ2) is 18.4. The molecular formula is CH4FeLaZn. The van der Waals surface area contributed by atoms with E-state index in [0.29, 0.717) is 0 Å². The van der Waals surface area contributed by atoms with Crippen LogP contribution in [0, 0.1) is 35.6 Å². The smallest absolute Gasteiger partial charge is 0 e. The number of rotatable bonds is 0. The topological polar surface area (TPSA) is 0 Å². The maximum atomic E-state index is 0. The molecule has 0 aliphatic heterocycles. The molecule has 0 N–H and O–H groups in total. The van der Waals surface area contributed by atoms with Gasteiger partial charge in [-0.05, 0) is 0 Å². The summed E-state index contributed by atoms with van der Waals surface area (Å²) in [5.41, 5.74) is 0. The summed E-state index contributed by atoms with van der Waals surface area (Å²) < 4.78 is 0. The van der Waals surface area contributed by atoms with E-state index in [9.17, 15) is 0 Å². The average molecular weight is 276 g/mol. The summed E-state index contributed by atoms with van der Waals surface area (Å²) in [5, 5.41) is 0. The Balaban J connectivity index is 0. The zero-order valence-electron chi connectivity index (χ0n) is 1.64. The van der Waals surface area contributed by atoms with E-state index in [1.165, 1.54) is 0 Å². The van der Waals surface area contributed by atoms with E-state index in [4.69, 9.17) is 0 Å². The molecule has 0 spiro atoms. The van der Waals surface area contributed by atoms with E-state index in [0.717, 1.165) is 0 Å². The average Bonchev–Trinajstić information content (AvgIpc) is 0. The van der Waals surface area contributed by atoms with E-state index < -0.39 is 0 Å². The van der Waals surface area contributed by atoms with Crippen molar-refractivity contribution in [3.63, 3.8) is 0 Å². The predicted octanol–water partition coefficient (Wildman–Crippen LogP) is 0.631. The first kappa shape index (κ1) is 33.0. The van der Waals surface area contributed by atoms with Crippen LogP contribution >= 0.6 is 0 Å². The van der Waals surface area contributed by atoms with Crippen LogP contribution in [-0.4, -0.2) is 0 Å². The van der Waals surface area contributed by atoms with Crippen molar-refractivity contribution in [2.24, 2.45) is 0 Å². The minimum absolute atomic E-state index is 0. The monoisotopic (exact) mass is 275 g/mol. The van der Waals surface area contributed by atoms with E-state index in [1.54, 1.807) is 0 Å². The Hall–Kier alpha value is 2.34. The zero-order chi connectivity index (χ0) is 0. The molecule has 0 amide bonds. The summed E-state index contributed by atoms with van der Waals surface area (Å²) in [4.78, 5) is 0. The molecule has 4 heavy (non-hydrogen) atoms. The SMILES string of the molecule is C.[Fe].[La].[Zn]. The van der Waals surface area contributed by atoms with Crippen LogP contribution in [0.15, 0.2) is 0 Å². The Morgan fingerprint density at radius 2 is 1.00 bits per heavy atom. The molecule has 3 heteroatoms. The van der Waals surface area contributed by atoms with Gasteiger partial charge in [0.25, 0.3) is 0 Å². The molecule has 0 aromatic rings. The third-order valence-corrected chi connectivity index (χ3v) is 0. The third-order valence-electron chi connectivity index (χ3n) is 0. The van der Waals surface area contributed by atoms with Crippen molar-refractivity contribution < 1.29 is 72.1 Å². The molecule has 0 aliphatic carbocycles. The largest absolute Gasteiger partial charge is 0.0776 e. The first-order valence-electron chi connectivity index (χ1n) is 0. The maximum Gasteiger partial charge on any atom is 0 e. The van der Waals surface area contributed by atoms with Gasteiger partial charge in [-0.1, -0.05) is 7.43 Å². The third kappa shape index (κ3) is 8.84. The summed E-state index contributed by atoms with van der Waals surface area (Å²) in [5.74, 6) is 0. The molecule has 0 fully saturated rings. The Morgan fingerprint density at radius 3 is 1.00 bits per heavy atom. The van der Waals surface area contributed by atoms with Crippen LogP contribution in [0.2, 0.25) is 0 Å². The number of hydrogen-bond acceptors (Lipinski definition) is 0. The van der Waals surface area contributed by atoms with Gasteiger partial charge >= 0.3 is 0 Å². The van der Waals surface area contributed by atoms with Crippen molar-refractivity contribution >= 4 is 0 Å². The van der Waals surface area contributed by atoms with Gasteiger partial charge < -0.3 is 0 Å². The zero-order valence-corrected chi connectivity index (χ0v) is 9.34. The Bertz CT molecular complexity index is 8.00. The molecule has 0 aromatic carbocycles. The number of hydrogen-bond donors (Lipinski definition) is 0. The van der Waals surface area contributed by atoms with Crippen LogP contribution in [0.1, 0.15) is 7.43 Å². The second-order valence-electron chi connectivity index (χ2n) is 0. The molecule has 0 rings (SSSR count). The van der Waals surface area contributed by atoms with E-state index in [1.807, 2.05) is 0 Å². The van der Waals surface area contributed by atoms with Crippen LogP contribution in [0.5, 0.6) is 0 Å². The van der Waals surface area contributed by atoms with Crippen LogP contribution in [0.25, 0.3) is 0 Å². The molecule has 0 bridgehead atoms.